The summed E-state index contributed by atoms with van der Waals surface area (Å²) in [5.41, 5.74) is 11.4. The SMILES string of the molecule is c1ccc(-c2ccc(-c3c4ccccc4cc4c3oc3cccc(-c5ccc(-c6nc(-c7ccccc7)nc(-c7ccc8ccccc8c7)n6)c6ccccc56)c34)cc2)cc1. The molecule has 2 heterocycles. The molecule has 61 heavy (non-hydrogen) atoms. The number of nitrogens with zero attached hydrogens (tertiary/aromatic N) is 3. The van der Waals surface area contributed by atoms with E-state index in [2.05, 4.69) is 194 Å². The second-order valence-electron chi connectivity index (χ2n) is 15.5. The minimum absolute atomic E-state index is 0.626. The first-order valence-corrected chi connectivity index (χ1v) is 20.6. The first kappa shape index (κ1) is 34.8. The van der Waals surface area contributed by atoms with Crippen LogP contribution in [0.1, 0.15) is 0 Å². The van der Waals surface area contributed by atoms with Crippen molar-refractivity contribution in [3.8, 4) is 67.5 Å². The van der Waals surface area contributed by atoms with Crippen LogP contribution in [0.4, 0.5) is 0 Å². The van der Waals surface area contributed by atoms with Crippen LogP contribution < -0.4 is 0 Å². The molecule has 0 saturated carbocycles. The van der Waals surface area contributed by atoms with Crippen LogP contribution in [0.5, 0.6) is 0 Å². The topological polar surface area (TPSA) is 51.8 Å². The van der Waals surface area contributed by atoms with Gasteiger partial charge in [-0.15, -0.1) is 0 Å². The molecule has 12 aromatic rings. The van der Waals surface area contributed by atoms with Crippen LogP contribution in [0.25, 0.3) is 122 Å². The molecule has 0 radical (unpaired) electrons. The average Bonchev–Trinajstić information content (AvgIpc) is 3.71. The van der Waals surface area contributed by atoms with Gasteiger partial charge in [-0.1, -0.05) is 188 Å². The molecule has 0 N–H and O–H groups in total. The fraction of sp³-hybridized carbons (Fsp3) is 0. The van der Waals surface area contributed by atoms with Crippen LogP contribution in [-0.4, -0.2) is 15.0 Å². The molecule has 0 atom stereocenters. The van der Waals surface area contributed by atoms with E-state index in [4.69, 9.17) is 19.4 Å². The Labute approximate surface area is 352 Å². The summed E-state index contributed by atoms with van der Waals surface area (Å²) in [7, 11) is 0. The standard InChI is InChI=1S/C57H35N3O/c1-3-14-36(15-4-1)38-26-29-39(30-27-38)52-44-21-10-9-20-42(44)35-50-53-48(24-13-25-51(53)61-54(50)52)47-32-33-49(46-23-12-11-22-45(46)47)57-59-55(40-17-5-2-6-18-40)58-56(60-57)43-31-28-37-16-7-8-19-41(37)34-43/h1-35H. The van der Waals surface area contributed by atoms with Crippen LogP contribution in [0.3, 0.4) is 0 Å². The predicted molar refractivity (Wildman–Crippen MR) is 252 cm³/mol. The minimum Gasteiger partial charge on any atom is -0.455 e. The maximum atomic E-state index is 6.94. The van der Waals surface area contributed by atoms with E-state index < -0.39 is 0 Å². The van der Waals surface area contributed by atoms with E-state index in [1.807, 2.05) is 18.2 Å². The third kappa shape index (κ3) is 5.96. The molecule has 4 heteroatoms. The Morgan fingerprint density at radius 2 is 0.852 bits per heavy atom. The van der Waals surface area contributed by atoms with Crippen molar-refractivity contribution in [2.24, 2.45) is 0 Å². The highest BCUT2D eigenvalue weighted by Gasteiger charge is 2.22. The molecular formula is C57H35N3O. The van der Waals surface area contributed by atoms with Gasteiger partial charge in [-0.2, -0.15) is 0 Å². The van der Waals surface area contributed by atoms with E-state index in [1.54, 1.807) is 0 Å². The van der Waals surface area contributed by atoms with Gasteiger partial charge in [0.15, 0.2) is 17.5 Å². The van der Waals surface area contributed by atoms with Crippen molar-refractivity contribution >= 4 is 54.3 Å². The molecule has 0 amide bonds. The number of hydrogen-bond acceptors (Lipinski definition) is 4. The maximum Gasteiger partial charge on any atom is 0.164 e. The van der Waals surface area contributed by atoms with Crippen molar-refractivity contribution in [1.82, 2.24) is 15.0 Å². The van der Waals surface area contributed by atoms with Gasteiger partial charge >= 0.3 is 0 Å². The molecule has 0 aliphatic heterocycles. The lowest BCUT2D eigenvalue weighted by Gasteiger charge is -2.14. The second-order valence-corrected chi connectivity index (χ2v) is 15.5. The lowest BCUT2D eigenvalue weighted by atomic mass is 9.90. The number of rotatable bonds is 6. The van der Waals surface area contributed by atoms with E-state index in [1.165, 1.54) is 21.9 Å². The van der Waals surface area contributed by atoms with Gasteiger partial charge in [0.1, 0.15) is 11.2 Å². The molecule has 2 aromatic heterocycles. The Morgan fingerprint density at radius 3 is 1.62 bits per heavy atom. The zero-order valence-electron chi connectivity index (χ0n) is 33.0. The van der Waals surface area contributed by atoms with Gasteiger partial charge < -0.3 is 4.42 Å². The zero-order valence-corrected chi connectivity index (χ0v) is 33.0. The van der Waals surface area contributed by atoms with Gasteiger partial charge in [-0.3, -0.25) is 0 Å². The van der Waals surface area contributed by atoms with Gasteiger partial charge in [0.2, 0.25) is 0 Å². The summed E-state index contributed by atoms with van der Waals surface area (Å²) >= 11 is 0. The monoisotopic (exact) mass is 777 g/mol. The molecule has 0 fully saturated rings. The number of aromatic nitrogens is 3. The highest BCUT2D eigenvalue weighted by Crippen LogP contribution is 2.46. The first-order valence-electron chi connectivity index (χ1n) is 20.6. The lowest BCUT2D eigenvalue weighted by Crippen LogP contribution is -2.00. The Hall–Kier alpha value is -8.21. The van der Waals surface area contributed by atoms with Crippen molar-refractivity contribution in [1.29, 1.82) is 0 Å². The summed E-state index contributed by atoms with van der Waals surface area (Å²) < 4.78 is 6.94. The molecule has 0 bridgehead atoms. The molecule has 12 rings (SSSR count). The molecule has 0 spiro atoms. The Bertz CT molecular complexity index is 3630. The van der Waals surface area contributed by atoms with Crippen molar-refractivity contribution in [2.45, 2.75) is 0 Å². The minimum atomic E-state index is 0.626. The Balaban J connectivity index is 1.05. The van der Waals surface area contributed by atoms with Gasteiger partial charge in [0.05, 0.1) is 0 Å². The first-order chi connectivity index (χ1) is 30.2. The average molecular weight is 778 g/mol. The molecule has 284 valence electrons. The van der Waals surface area contributed by atoms with Crippen molar-refractivity contribution < 1.29 is 4.42 Å². The van der Waals surface area contributed by atoms with Crippen LogP contribution in [0.2, 0.25) is 0 Å². The summed E-state index contributed by atoms with van der Waals surface area (Å²) in [5, 5.41) is 8.98. The van der Waals surface area contributed by atoms with Crippen molar-refractivity contribution in [3.05, 3.63) is 212 Å². The van der Waals surface area contributed by atoms with Crippen LogP contribution in [-0.2, 0) is 0 Å². The molecule has 0 saturated heterocycles. The third-order valence-electron chi connectivity index (χ3n) is 11.9. The summed E-state index contributed by atoms with van der Waals surface area (Å²) in [6.07, 6.45) is 0. The highest BCUT2D eigenvalue weighted by molar-refractivity contribution is 6.23. The highest BCUT2D eigenvalue weighted by atomic mass is 16.3. The van der Waals surface area contributed by atoms with Gasteiger partial charge in [0.25, 0.3) is 0 Å². The maximum absolute atomic E-state index is 6.94. The molecule has 0 aliphatic rings. The largest absolute Gasteiger partial charge is 0.455 e. The third-order valence-corrected chi connectivity index (χ3v) is 11.9. The smallest absolute Gasteiger partial charge is 0.164 e. The summed E-state index contributed by atoms with van der Waals surface area (Å²) in [6.45, 7) is 0. The fourth-order valence-corrected chi connectivity index (χ4v) is 8.99. The van der Waals surface area contributed by atoms with Crippen LogP contribution in [0, 0.1) is 0 Å². The summed E-state index contributed by atoms with van der Waals surface area (Å²) in [6, 6.07) is 74.6. The van der Waals surface area contributed by atoms with Gasteiger partial charge in [0, 0.05) is 33.0 Å². The van der Waals surface area contributed by atoms with E-state index >= 15 is 0 Å². The zero-order chi connectivity index (χ0) is 40.3. The summed E-state index contributed by atoms with van der Waals surface area (Å²) in [4.78, 5) is 15.4. The normalized spacial score (nSPS) is 11.6. The fourth-order valence-electron chi connectivity index (χ4n) is 8.99. The molecular weight excluding hydrogens is 743 g/mol. The van der Waals surface area contributed by atoms with Crippen molar-refractivity contribution in [2.75, 3.05) is 0 Å². The molecule has 4 nitrogen and oxygen atoms in total. The Morgan fingerprint density at radius 1 is 0.295 bits per heavy atom. The summed E-state index contributed by atoms with van der Waals surface area (Å²) in [5.74, 6) is 1.89. The lowest BCUT2D eigenvalue weighted by molar-refractivity contribution is 0.670. The number of hydrogen-bond donors (Lipinski definition) is 0. The van der Waals surface area contributed by atoms with Crippen molar-refractivity contribution in [3.63, 3.8) is 0 Å². The second kappa shape index (κ2) is 14.3. The van der Waals surface area contributed by atoms with Gasteiger partial charge in [-0.05, 0) is 84.4 Å². The quantitative estimate of drug-likeness (QED) is 0.169. The Kier molecular flexibility index (Phi) is 8.13. The van der Waals surface area contributed by atoms with E-state index in [0.717, 1.165) is 82.4 Å². The predicted octanol–water partition coefficient (Wildman–Crippen LogP) is 15.2. The number of furan rings is 1. The molecule has 0 unspecified atom stereocenters. The van der Waals surface area contributed by atoms with E-state index in [-0.39, 0.29) is 0 Å². The van der Waals surface area contributed by atoms with E-state index in [0.29, 0.717) is 17.5 Å². The molecule has 10 aromatic carbocycles. The van der Waals surface area contributed by atoms with Crippen LogP contribution >= 0.6 is 0 Å². The molecule has 0 aliphatic carbocycles. The van der Waals surface area contributed by atoms with E-state index in [9.17, 15) is 0 Å². The van der Waals surface area contributed by atoms with Gasteiger partial charge in [-0.25, -0.2) is 15.0 Å². The number of benzene rings is 10. The number of fused-ring (bicyclic) bond motifs is 6. The van der Waals surface area contributed by atoms with Crippen LogP contribution in [0.15, 0.2) is 217 Å².